The lowest BCUT2D eigenvalue weighted by Gasteiger charge is -2.31. The number of carbonyl (C=O) groups is 1. The number of para-hydroxylation sites is 2. The van der Waals surface area contributed by atoms with Crippen LogP contribution < -0.4 is 14.8 Å². The van der Waals surface area contributed by atoms with Crippen LogP contribution in [0.5, 0.6) is 11.5 Å². The third kappa shape index (κ3) is 2.97. The number of fused-ring (bicyclic) bond motifs is 1. The highest BCUT2D eigenvalue weighted by molar-refractivity contribution is 5.95. The van der Waals surface area contributed by atoms with E-state index in [0.29, 0.717) is 23.0 Å². The van der Waals surface area contributed by atoms with Crippen LogP contribution in [-0.2, 0) is 11.8 Å². The van der Waals surface area contributed by atoms with Crippen LogP contribution >= 0.6 is 0 Å². The van der Waals surface area contributed by atoms with Crippen molar-refractivity contribution in [1.29, 1.82) is 0 Å². The van der Waals surface area contributed by atoms with Gasteiger partial charge in [-0.2, -0.15) is 0 Å². The van der Waals surface area contributed by atoms with Gasteiger partial charge in [-0.3, -0.25) is 4.79 Å². The quantitative estimate of drug-likeness (QED) is 0.776. The second-order valence-electron chi connectivity index (χ2n) is 6.00. The number of hydrogen-bond acceptors (Lipinski definition) is 6. The van der Waals surface area contributed by atoms with Crippen LogP contribution in [-0.4, -0.2) is 38.3 Å². The van der Waals surface area contributed by atoms with Crippen LogP contribution in [0, 0.1) is 0 Å². The van der Waals surface area contributed by atoms with Gasteiger partial charge in [0.1, 0.15) is 6.10 Å². The first-order valence-corrected chi connectivity index (χ1v) is 8.18. The molecule has 1 aliphatic heterocycles. The zero-order chi connectivity index (χ0) is 18.1. The molecule has 0 spiro atoms. The molecule has 4 rings (SSSR count). The van der Waals surface area contributed by atoms with Crippen LogP contribution in [0.1, 0.15) is 6.92 Å². The predicted octanol–water partition coefficient (Wildman–Crippen LogP) is 2.04. The molecule has 0 radical (unpaired) electrons. The van der Waals surface area contributed by atoms with Crippen LogP contribution in [0.15, 0.2) is 48.5 Å². The normalized spacial score (nSPS) is 18.4. The van der Waals surface area contributed by atoms with E-state index in [-0.39, 0.29) is 5.91 Å². The van der Waals surface area contributed by atoms with E-state index in [4.69, 9.17) is 9.47 Å². The summed E-state index contributed by atoms with van der Waals surface area (Å²) in [5, 5.41) is 14.3. The lowest BCUT2D eigenvalue weighted by Crippen LogP contribution is -2.46. The van der Waals surface area contributed by atoms with Crippen LogP contribution in [0.3, 0.4) is 0 Å². The zero-order valence-corrected chi connectivity index (χ0v) is 14.3. The molecular formula is C18H17N5O3. The summed E-state index contributed by atoms with van der Waals surface area (Å²) in [6, 6.07) is 14.6. The maximum atomic E-state index is 12.7. The molecule has 3 aromatic rings. The molecule has 0 bridgehead atoms. The number of hydrogen-bond donors (Lipinski definition) is 1. The molecule has 2 aromatic carbocycles. The van der Waals surface area contributed by atoms with Crippen molar-refractivity contribution < 1.29 is 14.3 Å². The minimum absolute atomic E-state index is 0.278. The molecule has 0 fully saturated rings. The molecule has 2 heterocycles. The maximum Gasteiger partial charge on any atom is 0.269 e. The number of benzene rings is 2. The molecule has 1 N–H and O–H groups in total. The van der Waals surface area contributed by atoms with E-state index < -0.39 is 12.2 Å². The van der Waals surface area contributed by atoms with E-state index in [1.54, 1.807) is 23.9 Å². The maximum absolute atomic E-state index is 12.7. The highest BCUT2D eigenvalue weighted by Gasteiger charge is 2.34. The van der Waals surface area contributed by atoms with Crippen molar-refractivity contribution in [3.05, 3.63) is 48.5 Å². The zero-order valence-electron chi connectivity index (χ0n) is 14.3. The smallest absolute Gasteiger partial charge is 0.269 e. The first-order chi connectivity index (χ1) is 12.6. The molecule has 1 aliphatic rings. The number of amides is 1. The van der Waals surface area contributed by atoms with E-state index in [1.165, 1.54) is 0 Å². The van der Waals surface area contributed by atoms with Gasteiger partial charge in [0.15, 0.2) is 17.3 Å². The number of aromatic nitrogens is 4. The SMILES string of the molecule is CC1Oc2ccccc2OC1C(=O)Nc1cccc(-c2nnnn2C)c1. The van der Waals surface area contributed by atoms with Crippen molar-refractivity contribution >= 4 is 11.6 Å². The van der Waals surface area contributed by atoms with Gasteiger partial charge in [-0.25, -0.2) is 4.68 Å². The van der Waals surface area contributed by atoms with E-state index >= 15 is 0 Å². The van der Waals surface area contributed by atoms with Crippen LogP contribution in [0.25, 0.3) is 11.4 Å². The van der Waals surface area contributed by atoms with Gasteiger partial charge in [-0.1, -0.05) is 24.3 Å². The molecule has 132 valence electrons. The number of ether oxygens (including phenoxy) is 2. The minimum atomic E-state index is -0.745. The standard InChI is InChI=1S/C18H17N5O3/c1-11-16(26-15-9-4-3-8-14(15)25-11)18(24)19-13-7-5-6-12(10-13)17-20-21-22-23(17)2/h3-11,16H,1-2H3,(H,19,24). The molecule has 2 atom stereocenters. The molecule has 8 heteroatoms. The first-order valence-electron chi connectivity index (χ1n) is 8.18. The van der Waals surface area contributed by atoms with Gasteiger partial charge in [0.05, 0.1) is 0 Å². The van der Waals surface area contributed by atoms with Gasteiger partial charge >= 0.3 is 0 Å². The summed E-state index contributed by atoms with van der Waals surface area (Å²) >= 11 is 0. The second kappa shape index (κ2) is 6.47. The topological polar surface area (TPSA) is 91.2 Å². The summed E-state index contributed by atoms with van der Waals surface area (Å²) in [5.41, 5.74) is 1.43. The summed E-state index contributed by atoms with van der Waals surface area (Å²) in [7, 11) is 1.76. The van der Waals surface area contributed by atoms with Gasteiger partial charge in [0.25, 0.3) is 5.91 Å². The summed E-state index contributed by atoms with van der Waals surface area (Å²) in [6.07, 6.45) is -1.15. The number of anilines is 1. The lowest BCUT2D eigenvalue weighted by atomic mass is 10.1. The van der Waals surface area contributed by atoms with E-state index in [9.17, 15) is 4.79 Å². The molecule has 26 heavy (non-hydrogen) atoms. The molecular weight excluding hydrogens is 334 g/mol. The Kier molecular flexibility index (Phi) is 4.00. The fraction of sp³-hybridized carbons (Fsp3) is 0.222. The first kappa shape index (κ1) is 16.1. The Labute approximate surface area is 149 Å². The van der Waals surface area contributed by atoms with Crippen molar-refractivity contribution in [1.82, 2.24) is 20.2 Å². The number of tetrazole rings is 1. The van der Waals surface area contributed by atoms with Gasteiger partial charge in [0, 0.05) is 18.3 Å². The molecule has 1 amide bonds. The highest BCUT2D eigenvalue weighted by Crippen LogP contribution is 2.33. The van der Waals surface area contributed by atoms with Crippen molar-refractivity contribution in [3.8, 4) is 22.9 Å². The molecule has 0 saturated carbocycles. The summed E-state index contributed by atoms with van der Waals surface area (Å²) in [5.74, 6) is 1.53. The van der Waals surface area contributed by atoms with Crippen LogP contribution in [0.4, 0.5) is 5.69 Å². The monoisotopic (exact) mass is 351 g/mol. The van der Waals surface area contributed by atoms with Crippen molar-refractivity contribution in [2.24, 2.45) is 7.05 Å². The number of carbonyl (C=O) groups excluding carboxylic acids is 1. The van der Waals surface area contributed by atoms with Crippen LogP contribution in [0.2, 0.25) is 0 Å². The second-order valence-corrected chi connectivity index (χ2v) is 6.00. The van der Waals surface area contributed by atoms with Gasteiger partial charge in [0.2, 0.25) is 6.10 Å². The Morgan fingerprint density at radius 3 is 2.62 bits per heavy atom. The predicted molar refractivity (Wildman–Crippen MR) is 93.8 cm³/mol. The Balaban J connectivity index is 1.53. The molecule has 1 aromatic heterocycles. The fourth-order valence-electron chi connectivity index (χ4n) is 2.83. The highest BCUT2D eigenvalue weighted by atomic mass is 16.6. The van der Waals surface area contributed by atoms with Crippen molar-refractivity contribution in [2.75, 3.05) is 5.32 Å². The third-order valence-electron chi connectivity index (χ3n) is 4.11. The van der Waals surface area contributed by atoms with Gasteiger partial charge in [-0.05, 0) is 41.6 Å². The Morgan fingerprint density at radius 1 is 1.12 bits per heavy atom. The van der Waals surface area contributed by atoms with Gasteiger partial charge < -0.3 is 14.8 Å². The molecule has 0 saturated heterocycles. The van der Waals surface area contributed by atoms with Crippen molar-refractivity contribution in [3.63, 3.8) is 0 Å². The number of nitrogens with zero attached hydrogens (tertiary/aromatic N) is 4. The number of aryl methyl sites for hydroxylation is 1. The van der Waals surface area contributed by atoms with Crippen molar-refractivity contribution in [2.45, 2.75) is 19.1 Å². The number of nitrogens with one attached hydrogen (secondary N) is 1. The van der Waals surface area contributed by atoms with E-state index in [2.05, 4.69) is 20.8 Å². The third-order valence-corrected chi connectivity index (χ3v) is 4.11. The fourth-order valence-corrected chi connectivity index (χ4v) is 2.83. The summed E-state index contributed by atoms with van der Waals surface area (Å²) < 4.78 is 13.2. The molecule has 0 aliphatic carbocycles. The Bertz CT molecular complexity index is 955. The summed E-state index contributed by atoms with van der Waals surface area (Å²) in [6.45, 7) is 1.81. The lowest BCUT2D eigenvalue weighted by molar-refractivity contribution is -0.128. The van der Waals surface area contributed by atoms with Gasteiger partial charge in [-0.15, -0.1) is 5.10 Å². The average Bonchev–Trinajstić information content (AvgIpc) is 3.07. The van der Waals surface area contributed by atoms with E-state index in [1.807, 2.05) is 43.3 Å². The summed E-state index contributed by atoms with van der Waals surface area (Å²) in [4.78, 5) is 12.7. The van der Waals surface area contributed by atoms with E-state index in [0.717, 1.165) is 5.56 Å². The average molecular weight is 351 g/mol. The number of rotatable bonds is 3. The molecule has 2 unspecified atom stereocenters. The largest absolute Gasteiger partial charge is 0.482 e. The Morgan fingerprint density at radius 2 is 1.88 bits per heavy atom. The minimum Gasteiger partial charge on any atom is -0.482 e. The molecule has 8 nitrogen and oxygen atoms in total. The Hall–Kier alpha value is -3.42.